The first-order valence-electron chi connectivity index (χ1n) is 10.6. The van der Waals surface area contributed by atoms with Crippen molar-refractivity contribution in [2.24, 2.45) is 17.8 Å². The van der Waals surface area contributed by atoms with Crippen LogP contribution in [0.4, 0.5) is 0 Å². The Morgan fingerprint density at radius 1 is 0.929 bits per heavy atom. The van der Waals surface area contributed by atoms with Gasteiger partial charge in [0.15, 0.2) is 11.2 Å². The zero-order valence-electron chi connectivity index (χ0n) is 16.0. The molecular weight excluding hydrogens is 346 g/mol. The van der Waals surface area contributed by atoms with Crippen molar-refractivity contribution in [2.75, 3.05) is 0 Å². The normalized spacial score (nSPS) is 30.6. The first-order chi connectivity index (χ1) is 13.7. The summed E-state index contributed by atoms with van der Waals surface area (Å²) in [5.41, 5.74) is 3.15. The number of carbonyl (C=O) groups is 1. The fourth-order valence-electron chi connectivity index (χ4n) is 6.64. The summed E-state index contributed by atoms with van der Waals surface area (Å²) >= 11 is 0. The SMILES string of the molecule is O=C(NC12CC3CC(CC(C3)C1)C2)c1[nH]c(-c2ccccc2)c2cccc[n+]12. The lowest BCUT2D eigenvalue weighted by atomic mass is 9.53. The van der Waals surface area contributed by atoms with Crippen LogP contribution in [0.5, 0.6) is 0 Å². The van der Waals surface area contributed by atoms with Crippen molar-refractivity contribution < 1.29 is 9.20 Å². The number of rotatable bonds is 3. The average molecular weight is 372 g/mol. The molecule has 1 amide bonds. The Balaban J connectivity index is 1.38. The van der Waals surface area contributed by atoms with Crippen molar-refractivity contribution in [3.63, 3.8) is 0 Å². The quantitative estimate of drug-likeness (QED) is 0.668. The number of benzene rings is 1. The van der Waals surface area contributed by atoms with Crippen LogP contribution in [0.25, 0.3) is 16.8 Å². The van der Waals surface area contributed by atoms with Crippen LogP contribution in [0, 0.1) is 17.8 Å². The number of nitrogens with one attached hydrogen (secondary N) is 2. The van der Waals surface area contributed by atoms with Crippen LogP contribution in [0.3, 0.4) is 0 Å². The molecule has 4 heteroatoms. The van der Waals surface area contributed by atoms with Gasteiger partial charge in [0.1, 0.15) is 0 Å². The van der Waals surface area contributed by atoms with Crippen molar-refractivity contribution in [3.05, 3.63) is 60.6 Å². The number of pyridine rings is 1. The van der Waals surface area contributed by atoms with E-state index in [0.717, 1.165) is 34.5 Å². The van der Waals surface area contributed by atoms with E-state index in [1.54, 1.807) is 0 Å². The minimum Gasteiger partial charge on any atom is -0.340 e. The number of fused-ring (bicyclic) bond motifs is 1. The number of carbonyl (C=O) groups excluding carboxylic acids is 1. The van der Waals surface area contributed by atoms with Crippen LogP contribution in [0.1, 0.15) is 49.1 Å². The lowest BCUT2D eigenvalue weighted by Crippen LogP contribution is -2.60. The zero-order valence-corrected chi connectivity index (χ0v) is 16.0. The Bertz CT molecular complexity index is 1020. The summed E-state index contributed by atoms with van der Waals surface area (Å²) < 4.78 is 2.00. The molecule has 4 saturated carbocycles. The van der Waals surface area contributed by atoms with Gasteiger partial charge in [-0.2, -0.15) is 4.40 Å². The fourth-order valence-corrected chi connectivity index (χ4v) is 6.64. The maximum absolute atomic E-state index is 13.4. The molecule has 2 aromatic heterocycles. The largest absolute Gasteiger partial charge is 0.351 e. The van der Waals surface area contributed by atoms with Crippen LogP contribution < -0.4 is 9.72 Å². The molecule has 0 radical (unpaired) electrons. The van der Waals surface area contributed by atoms with E-state index in [2.05, 4.69) is 28.5 Å². The first-order valence-corrected chi connectivity index (χ1v) is 10.6. The highest BCUT2D eigenvalue weighted by atomic mass is 16.2. The summed E-state index contributed by atoms with van der Waals surface area (Å²) in [7, 11) is 0. The van der Waals surface area contributed by atoms with Gasteiger partial charge in [-0.25, -0.2) is 4.98 Å². The molecule has 2 heterocycles. The van der Waals surface area contributed by atoms with Crippen molar-refractivity contribution >= 4 is 11.4 Å². The van der Waals surface area contributed by atoms with Gasteiger partial charge in [-0.05, 0) is 68.4 Å². The van der Waals surface area contributed by atoms with Crippen molar-refractivity contribution in [1.29, 1.82) is 0 Å². The fraction of sp³-hybridized carbons (Fsp3) is 0.417. The van der Waals surface area contributed by atoms with Gasteiger partial charge in [0.05, 0.1) is 6.20 Å². The van der Waals surface area contributed by atoms with Gasteiger partial charge in [0.2, 0.25) is 0 Å². The molecule has 142 valence electrons. The van der Waals surface area contributed by atoms with Crippen molar-refractivity contribution in [2.45, 2.75) is 44.1 Å². The van der Waals surface area contributed by atoms with Crippen LogP contribution >= 0.6 is 0 Å². The van der Waals surface area contributed by atoms with Crippen molar-refractivity contribution in [3.8, 4) is 11.3 Å². The minimum atomic E-state index is 0.0194. The number of imidazole rings is 1. The van der Waals surface area contributed by atoms with Gasteiger partial charge in [-0.15, -0.1) is 0 Å². The summed E-state index contributed by atoms with van der Waals surface area (Å²) in [6.07, 6.45) is 9.63. The van der Waals surface area contributed by atoms with Crippen LogP contribution in [0.2, 0.25) is 0 Å². The Labute approximate surface area is 165 Å². The molecule has 4 aliphatic rings. The molecule has 4 fully saturated rings. The molecule has 4 aliphatic carbocycles. The monoisotopic (exact) mass is 372 g/mol. The Hall–Kier alpha value is -2.62. The molecule has 0 unspecified atom stereocenters. The predicted octanol–water partition coefficient (Wildman–Crippen LogP) is 4.12. The molecule has 0 saturated heterocycles. The van der Waals surface area contributed by atoms with Gasteiger partial charge in [-0.3, -0.25) is 4.79 Å². The summed E-state index contributed by atoms with van der Waals surface area (Å²) in [6.45, 7) is 0. The standard InChI is InChI=1S/C24H25N3O/c28-23(26-24-13-16-10-17(14-24)12-18(11-16)15-24)22-25-21(19-6-2-1-3-7-19)20-8-4-5-9-27(20)22/h1-9,16-18H,10-15H2,(H,26,28)/p+1. The molecule has 7 rings (SSSR count). The molecule has 0 atom stereocenters. The maximum Gasteiger partial charge on any atom is 0.351 e. The lowest BCUT2D eigenvalue weighted by Gasteiger charge is -2.56. The molecule has 3 aromatic rings. The second kappa shape index (κ2) is 5.94. The van der Waals surface area contributed by atoms with Crippen LogP contribution in [-0.2, 0) is 0 Å². The van der Waals surface area contributed by atoms with Crippen LogP contribution in [0.15, 0.2) is 54.7 Å². The van der Waals surface area contributed by atoms with Crippen molar-refractivity contribution in [1.82, 2.24) is 10.3 Å². The van der Waals surface area contributed by atoms with Gasteiger partial charge < -0.3 is 5.32 Å². The molecule has 4 bridgehead atoms. The second-order valence-corrected chi connectivity index (χ2v) is 9.32. The molecule has 2 N–H and O–H groups in total. The first kappa shape index (κ1) is 16.3. The number of hydrogen-bond acceptors (Lipinski definition) is 1. The highest BCUT2D eigenvalue weighted by Gasteiger charge is 2.52. The van der Waals surface area contributed by atoms with Crippen LogP contribution in [-0.4, -0.2) is 16.4 Å². The smallest absolute Gasteiger partial charge is 0.340 e. The Kier molecular flexibility index (Phi) is 3.47. The third kappa shape index (κ3) is 2.50. The third-order valence-corrected chi connectivity index (χ3v) is 7.29. The second-order valence-electron chi connectivity index (χ2n) is 9.32. The number of aromatic amines is 1. The lowest BCUT2D eigenvalue weighted by molar-refractivity contribution is -0.514. The number of hydrogen-bond donors (Lipinski definition) is 2. The summed E-state index contributed by atoms with van der Waals surface area (Å²) in [5, 5.41) is 3.51. The minimum absolute atomic E-state index is 0.0194. The van der Waals surface area contributed by atoms with E-state index < -0.39 is 0 Å². The number of aromatic nitrogens is 2. The topological polar surface area (TPSA) is 49.0 Å². The summed E-state index contributed by atoms with van der Waals surface area (Å²) in [4.78, 5) is 16.9. The molecule has 4 nitrogen and oxygen atoms in total. The summed E-state index contributed by atoms with van der Waals surface area (Å²) in [6, 6.07) is 16.3. The van der Waals surface area contributed by atoms with E-state index in [9.17, 15) is 4.79 Å². The van der Waals surface area contributed by atoms with Gasteiger partial charge in [0.25, 0.3) is 0 Å². The van der Waals surface area contributed by atoms with Gasteiger partial charge in [-0.1, -0.05) is 36.4 Å². The van der Waals surface area contributed by atoms with E-state index in [1.807, 2.05) is 40.9 Å². The number of nitrogens with zero attached hydrogens (tertiary/aromatic N) is 1. The predicted molar refractivity (Wildman–Crippen MR) is 108 cm³/mol. The third-order valence-electron chi connectivity index (χ3n) is 7.29. The van der Waals surface area contributed by atoms with E-state index >= 15 is 0 Å². The van der Waals surface area contributed by atoms with Gasteiger partial charge in [0, 0.05) is 11.1 Å². The highest BCUT2D eigenvalue weighted by molar-refractivity contribution is 5.92. The number of amides is 1. The highest BCUT2D eigenvalue weighted by Crippen LogP contribution is 2.55. The number of H-pyrrole nitrogens is 1. The van der Waals surface area contributed by atoms with E-state index in [0.29, 0.717) is 5.82 Å². The Morgan fingerprint density at radius 2 is 1.57 bits per heavy atom. The van der Waals surface area contributed by atoms with E-state index in [4.69, 9.17) is 0 Å². The zero-order chi connectivity index (χ0) is 18.7. The molecule has 0 aliphatic heterocycles. The average Bonchev–Trinajstić information content (AvgIpc) is 3.07. The summed E-state index contributed by atoms with van der Waals surface area (Å²) in [5.74, 6) is 3.12. The molecule has 28 heavy (non-hydrogen) atoms. The molecular formula is C24H26N3O+. The Morgan fingerprint density at radius 3 is 2.25 bits per heavy atom. The molecule has 0 spiro atoms. The maximum atomic E-state index is 13.4. The molecule has 1 aromatic carbocycles. The van der Waals surface area contributed by atoms with E-state index in [1.165, 1.54) is 38.5 Å². The van der Waals surface area contributed by atoms with E-state index in [-0.39, 0.29) is 11.4 Å². The van der Waals surface area contributed by atoms with Gasteiger partial charge >= 0.3 is 11.7 Å².